The predicted molar refractivity (Wildman–Crippen MR) is 54.3 cm³/mol. The second-order valence-corrected chi connectivity index (χ2v) is 6.53. The molecule has 0 saturated carbocycles. The molecule has 0 aliphatic heterocycles. The highest BCUT2D eigenvalue weighted by Crippen LogP contribution is 2.67. The van der Waals surface area contributed by atoms with Gasteiger partial charge in [0.1, 0.15) is 0 Å². The lowest BCUT2D eigenvalue weighted by molar-refractivity contribution is 0.637. The SMILES string of the molecule is CC(C)(C)S(F)(F)c1ccccc1. The maximum atomic E-state index is 13.7. The fourth-order valence-electron chi connectivity index (χ4n) is 0.945. The standard InChI is InChI=1S/C10H14F2S/c1-10(2,3)13(11,12)9-7-5-4-6-8-9/h4-8H,1-3H3. The van der Waals surface area contributed by atoms with Gasteiger partial charge < -0.3 is 0 Å². The van der Waals surface area contributed by atoms with Crippen molar-refractivity contribution in [3.63, 3.8) is 0 Å². The van der Waals surface area contributed by atoms with Gasteiger partial charge in [-0.15, -0.1) is 0 Å². The summed E-state index contributed by atoms with van der Waals surface area (Å²) in [7, 11) is -3.68. The van der Waals surface area contributed by atoms with E-state index in [-0.39, 0.29) is 4.90 Å². The van der Waals surface area contributed by atoms with Crippen molar-refractivity contribution in [3.8, 4) is 0 Å². The minimum Gasteiger partial charge on any atom is -0.152 e. The smallest absolute Gasteiger partial charge is 0.0901 e. The Morgan fingerprint density at radius 3 is 1.85 bits per heavy atom. The molecule has 0 aliphatic rings. The highest BCUT2D eigenvalue weighted by atomic mass is 32.3. The predicted octanol–water partition coefficient (Wildman–Crippen LogP) is 4.42. The van der Waals surface area contributed by atoms with E-state index in [2.05, 4.69) is 0 Å². The van der Waals surface area contributed by atoms with Crippen molar-refractivity contribution < 1.29 is 7.77 Å². The van der Waals surface area contributed by atoms with Gasteiger partial charge in [0.2, 0.25) is 0 Å². The van der Waals surface area contributed by atoms with Crippen LogP contribution in [0.5, 0.6) is 0 Å². The molecule has 0 heterocycles. The third-order valence-corrected chi connectivity index (χ3v) is 4.21. The largest absolute Gasteiger partial charge is 0.152 e. The van der Waals surface area contributed by atoms with E-state index >= 15 is 0 Å². The van der Waals surface area contributed by atoms with E-state index in [0.29, 0.717) is 0 Å². The van der Waals surface area contributed by atoms with Gasteiger partial charge in [0.05, 0.1) is 10.8 Å². The van der Waals surface area contributed by atoms with Gasteiger partial charge in [-0.25, -0.2) is 0 Å². The molecule has 0 N–H and O–H groups in total. The summed E-state index contributed by atoms with van der Waals surface area (Å²) in [5, 5.41) is 0. The molecule has 0 aliphatic carbocycles. The summed E-state index contributed by atoms with van der Waals surface area (Å²) in [5.74, 6) is 0. The number of rotatable bonds is 1. The van der Waals surface area contributed by atoms with Gasteiger partial charge in [-0.2, -0.15) is 7.77 Å². The zero-order chi connectivity index (χ0) is 10.1. The first-order chi connectivity index (χ1) is 5.86. The Hall–Kier alpha value is -0.570. The van der Waals surface area contributed by atoms with Crippen molar-refractivity contribution in [3.05, 3.63) is 30.3 Å². The molecule has 0 fully saturated rings. The van der Waals surface area contributed by atoms with E-state index in [1.807, 2.05) is 0 Å². The summed E-state index contributed by atoms with van der Waals surface area (Å²) in [6.07, 6.45) is 0. The van der Waals surface area contributed by atoms with Crippen LogP contribution in [0.4, 0.5) is 7.77 Å². The molecule has 0 atom stereocenters. The van der Waals surface area contributed by atoms with Crippen LogP contribution in [0, 0.1) is 0 Å². The van der Waals surface area contributed by atoms with Crippen molar-refractivity contribution in [2.75, 3.05) is 0 Å². The normalized spacial score (nSPS) is 14.2. The number of hydrogen-bond donors (Lipinski definition) is 0. The molecule has 0 aromatic heterocycles. The van der Waals surface area contributed by atoms with Crippen molar-refractivity contribution in [2.24, 2.45) is 0 Å². The van der Waals surface area contributed by atoms with E-state index in [9.17, 15) is 7.77 Å². The van der Waals surface area contributed by atoms with Crippen LogP contribution in [0.25, 0.3) is 0 Å². The van der Waals surface area contributed by atoms with Crippen molar-refractivity contribution in [1.82, 2.24) is 0 Å². The van der Waals surface area contributed by atoms with Gasteiger partial charge in [-0.1, -0.05) is 18.2 Å². The lowest BCUT2D eigenvalue weighted by Crippen LogP contribution is -2.18. The molecule has 0 bridgehead atoms. The van der Waals surface area contributed by atoms with E-state index in [1.54, 1.807) is 39.0 Å². The first-order valence-corrected chi connectivity index (χ1v) is 5.56. The Labute approximate surface area is 79.9 Å². The molecule has 1 rings (SSSR count). The van der Waals surface area contributed by atoms with E-state index in [4.69, 9.17) is 0 Å². The Morgan fingerprint density at radius 1 is 1.00 bits per heavy atom. The molecule has 0 nitrogen and oxygen atoms in total. The van der Waals surface area contributed by atoms with Gasteiger partial charge in [0.15, 0.2) is 0 Å². The van der Waals surface area contributed by atoms with Gasteiger partial charge >= 0.3 is 0 Å². The molecule has 13 heavy (non-hydrogen) atoms. The summed E-state index contributed by atoms with van der Waals surface area (Å²) in [4.78, 5) is 0.169. The van der Waals surface area contributed by atoms with Crippen LogP contribution < -0.4 is 0 Å². The van der Waals surface area contributed by atoms with Crippen LogP contribution in [0.1, 0.15) is 20.8 Å². The average molecular weight is 204 g/mol. The molecule has 1 aromatic rings. The number of hydrogen-bond acceptors (Lipinski definition) is 0. The average Bonchev–Trinajstić information content (AvgIpc) is 2.04. The molecule has 0 saturated heterocycles. The van der Waals surface area contributed by atoms with Gasteiger partial charge in [-0.3, -0.25) is 0 Å². The molecular weight excluding hydrogens is 190 g/mol. The summed E-state index contributed by atoms with van der Waals surface area (Å²) >= 11 is 0. The molecule has 74 valence electrons. The van der Waals surface area contributed by atoms with Crippen LogP contribution in [-0.4, -0.2) is 4.75 Å². The third-order valence-electron chi connectivity index (χ3n) is 1.81. The van der Waals surface area contributed by atoms with E-state index in [0.717, 1.165) is 0 Å². The molecule has 0 spiro atoms. The van der Waals surface area contributed by atoms with Crippen molar-refractivity contribution >= 4 is 10.8 Å². The van der Waals surface area contributed by atoms with Gasteiger partial charge in [-0.05, 0) is 32.9 Å². The van der Waals surface area contributed by atoms with Crippen LogP contribution in [0.3, 0.4) is 0 Å². The second kappa shape index (κ2) is 3.29. The van der Waals surface area contributed by atoms with E-state index < -0.39 is 15.5 Å². The zero-order valence-electron chi connectivity index (χ0n) is 8.05. The van der Waals surface area contributed by atoms with Crippen molar-refractivity contribution in [1.29, 1.82) is 0 Å². The molecule has 1 aromatic carbocycles. The number of halogens is 2. The molecule has 3 heteroatoms. The minimum atomic E-state index is -3.68. The third kappa shape index (κ3) is 2.02. The van der Waals surface area contributed by atoms with Crippen LogP contribution in [-0.2, 0) is 0 Å². The topological polar surface area (TPSA) is 0 Å². The summed E-state index contributed by atoms with van der Waals surface area (Å²) in [6, 6.07) is 8.06. The summed E-state index contributed by atoms with van der Waals surface area (Å²) in [5.41, 5.74) is 0. The Morgan fingerprint density at radius 2 is 1.46 bits per heavy atom. The highest BCUT2D eigenvalue weighted by Gasteiger charge is 2.39. The Balaban J connectivity index is 3.08. The molecular formula is C10H14F2S. The van der Waals surface area contributed by atoms with Crippen LogP contribution in [0.2, 0.25) is 0 Å². The first kappa shape index (κ1) is 10.5. The summed E-state index contributed by atoms with van der Waals surface area (Å²) in [6.45, 7) is 4.74. The monoisotopic (exact) mass is 204 g/mol. The molecule has 0 amide bonds. The minimum absolute atomic E-state index is 0.169. The maximum absolute atomic E-state index is 13.7. The second-order valence-electron chi connectivity index (χ2n) is 3.89. The Bertz CT molecular complexity index is 275. The zero-order valence-corrected chi connectivity index (χ0v) is 8.87. The Kier molecular flexibility index (Phi) is 2.66. The van der Waals surface area contributed by atoms with Crippen LogP contribution in [0.15, 0.2) is 35.2 Å². The van der Waals surface area contributed by atoms with Gasteiger partial charge in [0, 0.05) is 9.64 Å². The molecule has 0 radical (unpaired) electrons. The highest BCUT2D eigenvalue weighted by molar-refractivity contribution is 8.26. The fourth-order valence-corrected chi connectivity index (χ4v) is 2.15. The van der Waals surface area contributed by atoms with Gasteiger partial charge in [0.25, 0.3) is 0 Å². The first-order valence-electron chi connectivity index (χ1n) is 4.13. The van der Waals surface area contributed by atoms with Crippen molar-refractivity contribution in [2.45, 2.75) is 30.4 Å². The lowest BCUT2D eigenvalue weighted by atomic mass is 10.3. The number of benzene rings is 1. The van der Waals surface area contributed by atoms with E-state index in [1.165, 1.54) is 12.1 Å². The quantitative estimate of drug-likeness (QED) is 0.635. The lowest BCUT2D eigenvalue weighted by Gasteiger charge is -2.34. The maximum Gasteiger partial charge on any atom is 0.0901 e. The molecule has 0 unspecified atom stereocenters. The summed E-state index contributed by atoms with van der Waals surface area (Å²) < 4.78 is 26.5. The van der Waals surface area contributed by atoms with Crippen LogP contribution >= 0.6 is 10.8 Å². The fraction of sp³-hybridized carbons (Fsp3) is 0.400.